The fourth-order valence-electron chi connectivity index (χ4n) is 1.82. The Hall–Kier alpha value is -0.250. The minimum absolute atomic E-state index is 0.828. The zero-order valence-electron chi connectivity index (χ0n) is 8.70. The van der Waals surface area contributed by atoms with Crippen molar-refractivity contribution in [1.82, 2.24) is 0 Å². The van der Waals surface area contributed by atoms with Crippen LogP contribution in [0.3, 0.4) is 0 Å². The van der Waals surface area contributed by atoms with Gasteiger partial charge in [-0.15, -0.1) is 0 Å². The van der Waals surface area contributed by atoms with Crippen LogP contribution in [-0.4, -0.2) is 13.1 Å². The zero-order chi connectivity index (χ0) is 10.1. The molecule has 14 heavy (non-hydrogen) atoms. The highest BCUT2D eigenvalue weighted by Gasteiger charge is 2.28. The van der Waals surface area contributed by atoms with Crippen LogP contribution in [0.2, 0.25) is 0 Å². The van der Waals surface area contributed by atoms with Gasteiger partial charge in [0.2, 0.25) is 0 Å². The fraction of sp³-hybridized carbons (Fsp3) is 0.500. The molecule has 0 atom stereocenters. The normalized spacial score (nSPS) is 17.3. The van der Waals surface area contributed by atoms with Crippen molar-refractivity contribution in [1.29, 1.82) is 0 Å². The summed E-state index contributed by atoms with van der Waals surface area (Å²) < 4.78 is 1.33. The summed E-state index contributed by atoms with van der Waals surface area (Å²) >= 11 is 2.37. The topological polar surface area (TPSA) is 3.24 Å². The van der Waals surface area contributed by atoms with Crippen LogP contribution in [0.5, 0.6) is 0 Å². The van der Waals surface area contributed by atoms with Gasteiger partial charge in [-0.3, -0.25) is 0 Å². The zero-order valence-corrected chi connectivity index (χ0v) is 10.9. The molecule has 0 bridgehead atoms. The summed E-state index contributed by atoms with van der Waals surface area (Å²) in [4.78, 5) is 2.47. The van der Waals surface area contributed by atoms with Gasteiger partial charge < -0.3 is 4.90 Å². The SMILES string of the molecule is CC(C)C1CN(c2cccc(I)c2)C1. The molecule has 0 aromatic heterocycles. The fourth-order valence-corrected chi connectivity index (χ4v) is 2.34. The van der Waals surface area contributed by atoms with Crippen molar-refractivity contribution in [3.8, 4) is 0 Å². The van der Waals surface area contributed by atoms with Crippen LogP contribution in [0.15, 0.2) is 24.3 Å². The number of halogens is 1. The van der Waals surface area contributed by atoms with Crippen LogP contribution in [-0.2, 0) is 0 Å². The lowest BCUT2D eigenvalue weighted by Gasteiger charge is -2.43. The van der Waals surface area contributed by atoms with Gasteiger partial charge in [-0.2, -0.15) is 0 Å². The average Bonchev–Trinajstić information content (AvgIpc) is 2.00. The first-order valence-electron chi connectivity index (χ1n) is 5.17. The molecule has 1 saturated heterocycles. The number of rotatable bonds is 2. The lowest BCUT2D eigenvalue weighted by atomic mass is 9.88. The molecule has 76 valence electrons. The standard InChI is InChI=1S/C12H16IN/c1-9(2)10-7-14(8-10)12-5-3-4-11(13)6-12/h3-6,9-10H,7-8H2,1-2H3. The van der Waals surface area contributed by atoms with Crippen LogP contribution < -0.4 is 4.90 Å². The Labute approximate surface area is 99.6 Å². The molecular weight excluding hydrogens is 285 g/mol. The Morgan fingerprint density at radius 2 is 2.07 bits per heavy atom. The van der Waals surface area contributed by atoms with Gasteiger partial charge in [0, 0.05) is 22.3 Å². The van der Waals surface area contributed by atoms with Crippen molar-refractivity contribution in [2.45, 2.75) is 13.8 Å². The Morgan fingerprint density at radius 3 is 2.64 bits per heavy atom. The summed E-state index contributed by atoms with van der Waals surface area (Å²) in [7, 11) is 0. The Morgan fingerprint density at radius 1 is 1.36 bits per heavy atom. The van der Waals surface area contributed by atoms with E-state index in [1.165, 1.54) is 22.3 Å². The smallest absolute Gasteiger partial charge is 0.0377 e. The molecule has 0 spiro atoms. The summed E-state index contributed by atoms with van der Waals surface area (Å²) in [5.41, 5.74) is 1.38. The average molecular weight is 301 g/mol. The van der Waals surface area contributed by atoms with Crippen LogP contribution in [0.1, 0.15) is 13.8 Å². The van der Waals surface area contributed by atoms with Gasteiger partial charge in [-0.1, -0.05) is 19.9 Å². The van der Waals surface area contributed by atoms with E-state index in [0.29, 0.717) is 0 Å². The summed E-state index contributed by atoms with van der Waals surface area (Å²) in [5, 5.41) is 0. The van der Waals surface area contributed by atoms with E-state index in [1.54, 1.807) is 0 Å². The highest BCUT2D eigenvalue weighted by molar-refractivity contribution is 14.1. The molecule has 0 aliphatic carbocycles. The first-order valence-corrected chi connectivity index (χ1v) is 6.25. The second-order valence-electron chi connectivity index (χ2n) is 4.39. The number of hydrogen-bond acceptors (Lipinski definition) is 1. The molecule has 0 amide bonds. The summed E-state index contributed by atoms with van der Waals surface area (Å²) in [5.74, 6) is 1.72. The van der Waals surface area contributed by atoms with Gasteiger partial charge in [0.05, 0.1) is 0 Å². The second-order valence-corrected chi connectivity index (χ2v) is 5.63. The minimum Gasteiger partial charge on any atom is -0.371 e. The lowest BCUT2D eigenvalue weighted by molar-refractivity contribution is 0.310. The predicted molar refractivity (Wildman–Crippen MR) is 69.7 cm³/mol. The number of hydrogen-bond donors (Lipinski definition) is 0. The van der Waals surface area contributed by atoms with Crippen LogP contribution in [0.4, 0.5) is 5.69 Å². The molecule has 1 aliphatic rings. The Bertz CT molecular complexity index is 316. The van der Waals surface area contributed by atoms with Gasteiger partial charge >= 0.3 is 0 Å². The molecule has 1 nitrogen and oxygen atoms in total. The van der Waals surface area contributed by atoms with E-state index in [9.17, 15) is 0 Å². The third-order valence-electron chi connectivity index (χ3n) is 3.03. The quantitative estimate of drug-likeness (QED) is 0.757. The van der Waals surface area contributed by atoms with E-state index >= 15 is 0 Å². The van der Waals surface area contributed by atoms with E-state index in [2.05, 4.69) is 65.6 Å². The van der Waals surface area contributed by atoms with Crippen molar-refractivity contribution in [2.24, 2.45) is 11.8 Å². The minimum atomic E-state index is 0.828. The molecule has 0 N–H and O–H groups in total. The molecule has 1 heterocycles. The van der Waals surface area contributed by atoms with Gasteiger partial charge in [0.1, 0.15) is 0 Å². The highest BCUT2D eigenvalue weighted by Crippen LogP contribution is 2.29. The molecule has 2 rings (SSSR count). The monoisotopic (exact) mass is 301 g/mol. The van der Waals surface area contributed by atoms with E-state index in [-0.39, 0.29) is 0 Å². The molecule has 0 unspecified atom stereocenters. The van der Waals surface area contributed by atoms with E-state index < -0.39 is 0 Å². The number of nitrogens with zero attached hydrogens (tertiary/aromatic N) is 1. The van der Waals surface area contributed by atoms with Crippen molar-refractivity contribution >= 4 is 28.3 Å². The largest absolute Gasteiger partial charge is 0.371 e. The van der Waals surface area contributed by atoms with E-state index in [1.807, 2.05) is 0 Å². The van der Waals surface area contributed by atoms with Gasteiger partial charge in [-0.25, -0.2) is 0 Å². The number of anilines is 1. The maximum Gasteiger partial charge on any atom is 0.0377 e. The number of benzene rings is 1. The molecule has 2 heteroatoms. The molecule has 1 aliphatic heterocycles. The van der Waals surface area contributed by atoms with Gasteiger partial charge in [0.25, 0.3) is 0 Å². The third-order valence-corrected chi connectivity index (χ3v) is 3.70. The molecule has 1 fully saturated rings. The summed E-state index contributed by atoms with van der Waals surface area (Å²) in [6.07, 6.45) is 0. The maximum absolute atomic E-state index is 2.47. The maximum atomic E-state index is 2.47. The third kappa shape index (κ3) is 2.05. The molecule has 1 aromatic rings. The van der Waals surface area contributed by atoms with Crippen molar-refractivity contribution in [3.05, 3.63) is 27.8 Å². The van der Waals surface area contributed by atoms with E-state index in [4.69, 9.17) is 0 Å². The lowest BCUT2D eigenvalue weighted by Crippen LogP contribution is -2.49. The second kappa shape index (κ2) is 4.09. The summed E-state index contributed by atoms with van der Waals surface area (Å²) in [6.45, 7) is 7.10. The first kappa shape index (κ1) is 10.3. The van der Waals surface area contributed by atoms with Crippen molar-refractivity contribution in [2.75, 3.05) is 18.0 Å². The van der Waals surface area contributed by atoms with Crippen LogP contribution in [0, 0.1) is 15.4 Å². The van der Waals surface area contributed by atoms with Gasteiger partial charge in [0.15, 0.2) is 0 Å². The van der Waals surface area contributed by atoms with E-state index in [0.717, 1.165) is 11.8 Å². The van der Waals surface area contributed by atoms with Crippen molar-refractivity contribution < 1.29 is 0 Å². The van der Waals surface area contributed by atoms with Crippen LogP contribution >= 0.6 is 22.6 Å². The first-order chi connectivity index (χ1) is 6.66. The van der Waals surface area contributed by atoms with Crippen molar-refractivity contribution in [3.63, 3.8) is 0 Å². The molecule has 0 saturated carbocycles. The molecular formula is C12H16IN. The highest BCUT2D eigenvalue weighted by atomic mass is 127. The van der Waals surface area contributed by atoms with Gasteiger partial charge in [-0.05, 0) is 52.6 Å². The Balaban J connectivity index is 2.00. The van der Waals surface area contributed by atoms with Crippen LogP contribution in [0.25, 0.3) is 0 Å². The molecule has 0 radical (unpaired) electrons. The molecule has 1 aromatic carbocycles. The Kier molecular flexibility index (Phi) is 3.00. The predicted octanol–water partition coefficient (Wildman–Crippen LogP) is 3.38. The summed E-state index contributed by atoms with van der Waals surface area (Å²) in [6, 6.07) is 8.75.